The molecule has 0 saturated heterocycles. The molecule has 0 bridgehead atoms. The van der Waals surface area contributed by atoms with Gasteiger partial charge in [-0.3, -0.25) is 0 Å². The molecule has 0 aliphatic heterocycles. The van der Waals surface area contributed by atoms with Crippen molar-refractivity contribution < 1.29 is 14.6 Å². The van der Waals surface area contributed by atoms with Crippen molar-refractivity contribution in [2.24, 2.45) is 0 Å². The van der Waals surface area contributed by atoms with E-state index in [2.05, 4.69) is 15.9 Å². The van der Waals surface area contributed by atoms with Gasteiger partial charge >= 0.3 is 5.97 Å². The number of aliphatic carboxylic acids is 1. The molecule has 0 radical (unpaired) electrons. The molecule has 5 heteroatoms. The summed E-state index contributed by atoms with van der Waals surface area (Å²) in [5.41, 5.74) is 0.799. The van der Waals surface area contributed by atoms with Crippen molar-refractivity contribution >= 4 is 21.9 Å². The molecule has 0 aliphatic rings. The van der Waals surface area contributed by atoms with Crippen molar-refractivity contribution in [1.29, 1.82) is 5.26 Å². The van der Waals surface area contributed by atoms with Gasteiger partial charge in [0.15, 0.2) is 0 Å². The van der Waals surface area contributed by atoms with E-state index in [1.165, 1.54) is 0 Å². The second-order valence-corrected chi connectivity index (χ2v) is 4.91. The Labute approximate surface area is 124 Å². The number of hydrogen-bond donors (Lipinski definition) is 1. The van der Waals surface area contributed by atoms with E-state index in [-0.39, 0.29) is 11.3 Å². The van der Waals surface area contributed by atoms with Gasteiger partial charge in [-0.25, -0.2) is 4.79 Å². The topological polar surface area (TPSA) is 70.3 Å². The van der Waals surface area contributed by atoms with Crippen LogP contribution in [0.15, 0.2) is 53.0 Å². The summed E-state index contributed by atoms with van der Waals surface area (Å²) in [6.07, 6.45) is -1.15. The highest BCUT2D eigenvalue weighted by Crippen LogP contribution is 2.27. The van der Waals surface area contributed by atoms with Crippen LogP contribution in [0.25, 0.3) is 0 Å². The first-order valence-corrected chi connectivity index (χ1v) is 6.55. The SMILES string of the molecule is N#Cc1cc(Br)ccc1OC(C(=O)O)c1ccccc1. The Kier molecular flexibility index (Phi) is 4.38. The van der Waals surface area contributed by atoms with Gasteiger partial charge in [-0.2, -0.15) is 5.26 Å². The Morgan fingerprint density at radius 1 is 1.25 bits per heavy atom. The van der Waals surface area contributed by atoms with Gasteiger partial charge in [-0.15, -0.1) is 0 Å². The fourth-order valence-corrected chi connectivity index (χ4v) is 2.07. The molecule has 0 amide bonds. The number of ether oxygens (including phenoxy) is 1. The fraction of sp³-hybridized carbons (Fsp3) is 0.0667. The number of nitrogens with zero attached hydrogens (tertiary/aromatic N) is 1. The van der Waals surface area contributed by atoms with Gasteiger partial charge in [0.1, 0.15) is 11.8 Å². The molecule has 1 unspecified atom stereocenters. The van der Waals surface area contributed by atoms with Crippen molar-refractivity contribution in [1.82, 2.24) is 0 Å². The summed E-state index contributed by atoms with van der Waals surface area (Å²) in [5, 5.41) is 18.4. The van der Waals surface area contributed by atoms with E-state index in [1.807, 2.05) is 6.07 Å². The number of hydrogen-bond acceptors (Lipinski definition) is 3. The molecule has 2 rings (SSSR count). The van der Waals surface area contributed by atoms with E-state index in [1.54, 1.807) is 48.5 Å². The Hall–Kier alpha value is -2.32. The standard InChI is InChI=1S/C15H10BrNO3/c16-12-6-7-13(11(8-12)9-17)20-14(15(18)19)10-4-2-1-3-5-10/h1-8,14H,(H,18,19). The number of benzene rings is 2. The second kappa shape index (κ2) is 6.22. The van der Waals surface area contributed by atoms with Gasteiger partial charge in [-0.05, 0) is 18.2 Å². The lowest BCUT2D eigenvalue weighted by molar-refractivity contribution is -0.145. The van der Waals surface area contributed by atoms with Crippen LogP contribution in [0.1, 0.15) is 17.2 Å². The van der Waals surface area contributed by atoms with Gasteiger partial charge in [0, 0.05) is 10.0 Å². The summed E-state index contributed by atoms with van der Waals surface area (Å²) < 4.78 is 6.23. The Morgan fingerprint density at radius 2 is 1.95 bits per heavy atom. The summed E-state index contributed by atoms with van der Waals surface area (Å²) >= 11 is 3.25. The number of rotatable bonds is 4. The molecule has 0 aromatic heterocycles. The van der Waals surface area contributed by atoms with Crippen LogP contribution >= 0.6 is 15.9 Å². The average molecular weight is 332 g/mol. The zero-order chi connectivity index (χ0) is 14.5. The van der Waals surface area contributed by atoms with E-state index in [9.17, 15) is 9.90 Å². The summed E-state index contributed by atoms with van der Waals surface area (Å²) in [6, 6.07) is 15.4. The smallest absolute Gasteiger partial charge is 0.349 e. The Balaban J connectivity index is 2.35. The minimum Gasteiger partial charge on any atom is -0.478 e. The van der Waals surface area contributed by atoms with Crippen LogP contribution in [-0.4, -0.2) is 11.1 Å². The number of nitriles is 1. The monoisotopic (exact) mass is 331 g/mol. The van der Waals surface area contributed by atoms with E-state index in [0.29, 0.717) is 5.56 Å². The van der Waals surface area contributed by atoms with Crippen molar-refractivity contribution in [3.63, 3.8) is 0 Å². The van der Waals surface area contributed by atoms with Crippen LogP contribution in [0.5, 0.6) is 5.75 Å². The van der Waals surface area contributed by atoms with Gasteiger partial charge in [-0.1, -0.05) is 46.3 Å². The molecule has 0 spiro atoms. The molecule has 1 atom stereocenters. The first-order chi connectivity index (χ1) is 9.61. The zero-order valence-corrected chi connectivity index (χ0v) is 11.9. The molecule has 0 fully saturated rings. The van der Waals surface area contributed by atoms with E-state index < -0.39 is 12.1 Å². The van der Waals surface area contributed by atoms with E-state index in [4.69, 9.17) is 10.00 Å². The van der Waals surface area contributed by atoms with Gasteiger partial charge < -0.3 is 9.84 Å². The van der Waals surface area contributed by atoms with Crippen molar-refractivity contribution in [2.45, 2.75) is 6.10 Å². The molecule has 0 saturated carbocycles. The quantitative estimate of drug-likeness (QED) is 0.930. The minimum absolute atomic E-state index is 0.243. The lowest BCUT2D eigenvalue weighted by Crippen LogP contribution is -2.18. The largest absolute Gasteiger partial charge is 0.478 e. The number of carbonyl (C=O) groups is 1. The molecule has 2 aromatic carbocycles. The highest BCUT2D eigenvalue weighted by atomic mass is 79.9. The molecule has 100 valence electrons. The summed E-state index contributed by atoms with van der Waals surface area (Å²) in [4.78, 5) is 11.4. The highest BCUT2D eigenvalue weighted by Gasteiger charge is 2.22. The van der Waals surface area contributed by atoms with Crippen molar-refractivity contribution in [3.05, 3.63) is 64.1 Å². The predicted molar refractivity (Wildman–Crippen MR) is 76.3 cm³/mol. The Bertz CT molecular complexity index is 665. The van der Waals surface area contributed by atoms with Crippen LogP contribution in [0.2, 0.25) is 0 Å². The molecule has 2 aromatic rings. The van der Waals surface area contributed by atoms with Crippen LogP contribution in [0, 0.1) is 11.3 Å². The summed E-state index contributed by atoms with van der Waals surface area (Å²) in [7, 11) is 0. The van der Waals surface area contributed by atoms with Crippen molar-refractivity contribution in [2.75, 3.05) is 0 Å². The maximum absolute atomic E-state index is 11.4. The van der Waals surface area contributed by atoms with E-state index in [0.717, 1.165) is 4.47 Å². The third-order valence-electron chi connectivity index (χ3n) is 2.63. The van der Waals surface area contributed by atoms with Crippen molar-refractivity contribution in [3.8, 4) is 11.8 Å². The Morgan fingerprint density at radius 3 is 2.55 bits per heavy atom. The van der Waals surface area contributed by atoms with Crippen LogP contribution in [0.3, 0.4) is 0 Å². The molecular formula is C15H10BrNO3. The predicted octanol–water partition coefficient (Wildman–Crippen LogP) is 3.53. The van der Waals surface area contributed by atoms with E-state index >= 15 is 0 Å². The third-order valence-corrected chi connectivity index (χ3v) is 3.13. The number of carboxylic acids is 1. The summed E-state index contributed by atoms with van der Waals surface area (Å²) in [6.45, 7) is 0. The first kappa shape index (κ1) is 14.1. The highest BCUT2D eigenvalue weighted by molar-refractivity contribution is 9.10. The second-order valence-electron chi connectivity index (χ2n) is 4.00. The average Bonchev–Trinajstić information content (AvgIpc) is 2.46. The normalized spacial score (nSPS) is 11.4. The lowest BCUT2D eigenvalue weighted by Gasteiger charge is -2.16. The molecule has 0 heterocycles. The number of carboxylic acid groups (broad SMARTS) is 1. The molecule has 4 nitrogen and oxygen atoms in total. The third kappa shape index (κ3) is 3.16. The maximum Gasteiger partial charge on any atom is 0.349 e. The molecule has 1 N–H and O–H groups in total. The van der Waals surface area contributed by atoms with Crippen LogP contribution in [0.4, 0.5) is 0 Å². The van der Waals surface area contributed by atoms with Gasteiger partial charge in [0.05, 0.1) is 5.56 Å². The molecule has 0 aliphatic carbocycles. The van der Waals surface area contributed by atoms with Crippen LogP contribution in [-0.2, 0) is 4.79 Å². The van der Waals surface area contributed by atoms with Gasteiger partial charge in [0.2, 0.25) is 6.10 Å². The fourth-order valence-electron chi connectivity index (χ4n) is 1.71. The van der Waals surface area contributed by atoms with Gasteiger partial charge in [0.25, 0.3) is 0 Å². The summed E-state index contributed by atoms with van der Waals surface area (Å²) in [5.74, 6) is -0.866. The molecular weight excluding hydrogens is 322 g/mol. The van der Waals surface area contributed by atoms with Crippen LogP contribution < -0.4 is 4.74 Å². The molecule has 20 heavy (non-hydrogen) atoms. The lowest BCUT2D eigenvalue weighted by atomic mass is 10.1. The first-order valence-electron chi connectivity index (χ1n) is 5.76. The minimum atomic E-state index is -1.15. The zero-order valence-electron chi connectivity index (χ0n) is 10.3. The maximum atomic E-state index is 11.4. The number of halogens is 1.